The van der Waals surface area contributed by atoms with Crippen LogP contribution in [0.2, 0.25) is 0 Å². The fourth-order valence-electron chi connectivity index (χ4n) is 2.24. The van der Waals surface area contributed by atoms with Crippen molar-refractivity contribution in [3.63, 3.8) is 0 Å². The van der Waals surface area contributed by atoms with E-state index in [0.29, 0.717) is 11.5 Å². The van der Waals surface area contributed by atoms with Crippen molar-refractivity contribution in [1.82, 2.24) is 10.3 Å². The SMILES string of the molecule is Cc1ccc2nc([C@@H](C)NC(=O)C(C#N)C(C)(C)C)oc2c1. The molecule has 5 heteroatoms. The molecule has 2 atom stereocenters. The Balaban J connectivity index is 2.18. The lowest BCUT2D eigenvalue weighted by atomic mass is 9.81. The highest BCUT2D eigenvalue weighted by molar-refractivity contribution is 5.82. The normalized spacial score (nSPS) is 14.4. The Kier molecular flexibility index (Phi) is 4.23. The number of nitrogens with one attached hydrogen (secondary N) is 1. The monoisotopic (exact) mass is 299 g/mol. The van der Waals surface area contributed by atoms with Crippen LogP contribution in [0.3, 0.4) is 0 Å². The van der Waals surface area contributed by atoms with Gasteiger partial charge in [0.2, 0.25) is 11.8 Å². The summed E-state index contributed by atoms with van der Waals surface area (Å²) >= 11 is 0. The molecule has 2 aromatic rings. The number of oxazole rings is 1. The highest BCUT2D eigenvalue weighted by Crippen LogP contribution is 2.27. The first kappa shape index (κ1) is 16.0. The number of aryl methyl sites for hydroxylation is 1. The van der Waals surface area contributed by atoms with Crippen LogP contribution in [0.25, 0.3) is 11.1 Å². The molecule has 2 rings (SSSR count). The minimum absolute atomic E-state index is 0.305. The zero-order valence-electron chi connectivity index (χ0n) is 13.6. The van der Waals surface area contributed by atoms with E-state index in [1.165, 1.54) is 0 Å². The lowest BCUT2D eigenvalue weighted by Crippen LogP contribution is -2.38. The first-order chi connectivity index (χ1) is 10.2. The molecule has 1 aromatic carbocycles. The molecule has 22 heavy (non-hydrogen) atoms. The van der Waals surface area contributed by atoms with E-state index in [1.54, 1.807) is 6.92 Å². The van der Waals surface area contributed by atoms with E-state index >= 15 is 0 Å². The molecule has 0 bridgehead atoms. The molecule has 1 aromatic heterocycles. The highest BCUT2D eigenvalue weighted by Gasteiger charge is 2.32. The van der Waals surface area contributed by atoms with E-state index in [1.807, 2.05) is 45.9 Å². The number of carbonyl (C=O) groups excluding carboxylic acids is 1. The first-order valence-corrected chi connectivity index (χ1v) is 7.29. The largest absolute Gasteiger partial charge is 0.438 e. The number of rotatable bonds is 3. The zero-order chi connectivity index (χ0) is 16.5. The molecule has 5 nitrogen and oxygen atoms in total. The molecule has 0 saturated heterocycles. The van der Waals surface area contributed by atoms with Crippen LogP contribution < -0.4 is 5.32 Å². The van der Waals surface area contributed by atoms with Crippen molar-refractivity contribution in [2.75, 3.05) is 0 Å². The third-order valence-corrected chi connectivity index (χ3v) is 3.55. The summed E-state index contributed by atoms with van der Waals surface area (Å²) in [6.07, 6.45) is 0. The Morgan fingerprint density at radius 2 is 2.09 bits per heavy atom. The molecule has 0 aliphatic heterocycles. The fraction of sp³-hybridized carbons (Fsp3) is 0.471. The average molecular weight is 299 g/mol. The van der Waals surface area contributed by atoms with Gasteiger partial charge in [0.05, 0.1) is 6.07 Å². The minimum atomic E-state index is -0.721. The fourth-order valence-corrected chi connectivity index (χ4v) is 2.24. The molecular formula is C17H21N3O2. The van der Waals surface area contributed by atoms with Crippen LogP contribution in [-0.2, 0) is 4.79 Å². The molecule has 1 amide bonds. The molecule has 0 saturated carbocycles. The molecule has 116 valence electrons. The number of nitrogens with zero attached hydrogens (tertiary/aromatic N) is 2. The molecule has 0 fully saturated rings. The topological polar surface area (TPSA) is 78.9 Å². The van der Waals surface area contributed by atoms with Gasteiger partial charge in [-0.3, -0.25) is 4.79 Å². The summed E-state index contributed by atoms with van der Waals surface area (Å²) in [5.74, 6) is -0.581. The molecular weight excluding hydrogens is 278 g/mol. The second-order valence-corrected chi connectivity index (χ2v) is 6.68. The van der Waals surface area contributed by atoms with Crippen LogP contribution in [0, 0.1) is 29.6 Å². The summed E-state index contributed by atoms with van der Waals surface area (Å²) in [6, 6.07) is 7.44. The molecule has 0 spiro atoms. The minimum Gasteiger partial charge on any atom is -0.438 e. The van der Waals surface area contributed by atoms with Crippen LogP contribution in [0.15, 0.2) is 22.6 Å². The lowest BCUT2D eigenvalue weighted by molar-refractivity contribution is -0.126. The summed E-state index contributed by atoms with van der Waals surface area (Å²) in [5, 5.41) is 12.0. The number of benzene rings is 1. The summed E-state index contributed by atoms with van der Waals surface area (Å²) in [4.78, 5) is 16.7. The molecule has 0 aliphatic rings. The van der Waals surface area contributed by atoms with Gasteiger partial charge in [0.15, 0.2) is 5.58 Å². The predicted molar refractivity (Wildman–Crippen MR) is 83.9 cm³/mol. The van der Waals surface area contributed by atoms with Gasteiger partial charge in [-0.1, -0.05) is 26.8 Å². The second kappa shape index (κ2) is 5.80. The third-order valence-electron chi connectivity index (χ3n) is 3.55. The van der Waals surface area contributed by atoms with Crippen LogP contribution in [0.5, 0.6) is 0 Å². The van der Waals surface area contributed by atoms with Gasteiger partial charge in [-0.2, -0.15) is 5.26 Å². The van der Waals surface area contributed by atoms with Gasteiger partial charge in [0.1, 0.15) is 17.5 Å². The van der Waals surface area contributed by atoms with E-state index in [2.05, 4.69) is 16.4 Å². The maximum absolute atomic E-state index is 12.3. The predicted octanol–water partition coefficient (Wildman–Crippen LogP) is 3.50. The number of fused-ring (bicyclic) bond motifs is 1. The molecule has 0 aliphatic carbocycles. The van der Waals surface area contributed by atoms with Crippen LogP contribution >= 0.6 is 0 Å². The van der Waals surface area contributed by atoms with Crippen molar-refractivity contribution >= 4 is 17.0 Å². The lowest BCUT2D eigenvalue weighted by Gasteiger charge is -2.24. The van der Waals surface area contributed by atoms with Crippen molar-refractivity contribution in [1.29, 1.82) is 5.26 Å². The van der Waals surface area contributed by atoms with Gasteiger partial charge in [0.25, 0.3) is 0 Å². The number of hydrogen-bond donors (Lipinski definition) is 1. The van der Waals surface area contributed by atoms with E-state index in [9.17, 15) is 10.1 Å². The summed E-state index contributed by atoms with van der Waals surface area (Å²) < 4.78 is 5.70. The molecule has 0 radical (unpaired) electrons. The zero-order valence-corrected chi connectivity index (χ0v) is 13.6. The van der Waals surface area contributed by atoms with Gasteiger partial charge in [0, 0.05) is 0 Å². The number of amides is 1. The van der Waals surface area contributed by atoms with Gasteiger partial charge < -0.3 is 9.73 Å². The van der Waals surface area contributed by atoms with Gasteiger partial charge >= 0.3 is 0 Å². The van der Waals surface area contributed by atoms with Crippen molar-refractivity contribution in [2.24, 2.45) is 11.3 Å². The Labute approximate surface area is 130 Å². The van der Waals surface area contributed by atoms with E-state index < -0.39 is 17.4 Å². The van der Waals surface area contributed by atoms with Gasteiger partial charge in [-0.25, -0.2) is 4.98 Å². The number of nitriles is 1. The third kappa shape index (κ3) is 3.28. The number of hydrogen-bond acceptors (Lipinski definition) is 4. The smallest absolute Gasteiger partial charge is 0.238 e. The highest BCUT2D eigenvalue weighted by atomic mass is 16.3. The first-order valence-electron chi connectivity index (χ1n) is 7.29. The Morgan fingerprint density at radius 3 is 2.68 bits per heavy atom. The molecule has 1 N–H and O–H groups in total. The van der Waals surface area contributed by atoms with Gasteiger partial charge in [-0.05, 0) is 37.0 Å². The Morgan fingerprint density at radius 1 is 1.41 bits per heavy atom. The van der Waals surface area contributed by atoms with Crippen LogP contribution in [0.4, 0.5) is 0 Å². The Bertz CT molecular complexity index is 734. The quantitative estimate of drug-likeness (QED) is 0.940. The Hall–Kier alpha value is -2.35. The summed E-state index contributed by atoms with van der Waals surface area (Å²) in [6.45, 7) is 9.38. The summed E-state index contributed by atoms with van der Waals surface area (Å²) in [7, 11) is 0. The van der Waals surface area contributed by atoms with Crippen molar-refractivity contribution < 1.29 is 9.21 Å². The standard InChI is InChI=1S/C17H21N3O2/c1-10-6-7-13-14(8-10)22-16(20-13)11(2)19-15(21)12(9-18)17(3,4)5/h6-8,11-12H,1-5H3,(H,19,21)/t11-,12?/m1/s1. The number of aromatic nitrogens is 1. The summed E-state index contributed by atoms with van der Waals surface area (Å²) in [5.41, 5.74) is 2.12. The molecule has 1 heterocycles. The van der Waals surface area contributed by atoms with E-state index in [-0.39, 0.29) is 5.91 Å². The van der Waals surface area contributed by atoms with E-state index in [4.69, 9.17) is 4.42 Å². The van der Waals surface area contributed by atoms with Crippen LogP contribution in [-0.4, -0.2) is 10.9 Å². The maximum atomic E-state index is 12.3. The molecule has 1 unspecified atom stereocenters. The van der Waals surface area contributed by atoms with Crippen molar-refractivity contribution in [2.45, 2.75) is 40.7 Å². The van der Waals surface area contributed by atoms with E-state index in [0.717, 1.165) is 11.1 Å². The van der Waals surface area contributed by atoms with Gasteiger partial charge in [-0.15, -0.1) is 0 Å². The maximum Gasteiger partial charge on any atom is 0.238 e. The number of carbonyl (C=O) groups is 1. The van der Waals surface area contributed by atoms with Crippen LogP contribution in [0.1, 0.15) is 45.2 Å². The second-order valence-electron chi connectivity index (χ2n) is 6.68. The average Bonchev–Trinajstić information content (AvgIpc) is 2.80. The van der Waals surface area contributed by atoms with Crippen molar-refractivity contribution in [3.05, 3.63) is 29.7 Å². The van der Waals surface area contributed by atoms with Crippen molar-refractivity contribution in [3.8, 4) is 6.07 Å².